The summed E-state index contributed by atoms with van der Waals surface area (Å²) in [6, 6.07) is 8.27. The minimum Gasteiger partial charge on any atom is -0.490 e. The Morgan fingerprint density at radius 2 is 2.03 bits per heavy atom. The van der Waals surface area contributed by atoms with E-state index in [9.17, 15) is 9.59 Å². The van der Waals surface area contributed by atoms with Crippen LogP contribution in [0.1, 0.15) is 47.2 Å². The van der Waals surface area contributed by atoms with Crippen molar-refractivity contribution in [2.75, 3.05) is 12.3 Å². The number of nitrogens with one attached hydrogen (secondary N) is 2. The molecule has 0 fully saturated rings. The van der Waals surface area contributed by atoms with Crippen molar-refractivity contribution in [3.8, 4) is 11.6 Å². The lowest BCUT2D eigenvalue weighted by molar-refractivity contribution is 0.0690. The van der Waals surface area contributed by atoms with Crippen molar-refractivity contribution in [1.29, 1.82) is 5.41 Å². The maximum absolute atomic E-state index is 12.8. The summed E-state index contributed by atoms with van der Waals surface area (Å²) in [4.78, 5) is 31.8. The largest absolute Gasteiger partial charge is 0.490 e. The third kappa shape index (κ3) is 5.09. The van der Waals surface area contributed by atoms with E-state index in [1.54, 1.807) is 31.2 Å². The molecule has 5 N–H and O–H groups in total. The Morgan fingerprint density at radius 3 is 2.69 bits per heavy atom. The molecule has 0 spiro atoms. The predicted octanol–water partition coefficient (Wildman–Crippen LogP) is 2.52. The molecule has 32 heavy (non-hydrogen) atoms. The summed E-state index contributed by atoms with van der Waals surface area (Å²) >= 11 is 0. The monoisotopic (exact) mass is 436 g/mol. The van der Waals surface area contributed by atoms with E-state index >= 15 is 0 Å². The number of benzene rings is 1. The summed E-state index contributed by atoms with van der Waals surface area (Å²) in [5, 5.41) is 19.9. The van der Waals surface area contributed by atoms with Crippen LogP contribution in [0, 0.1) is 5.41 Å². The minimum absolute atomic E-state index is 0.124. The number of nitrogens with zero attached hydrogens (tertiary/aromatic N) is 3. The van der Waals surface area contributed by atoms with E-state index in [1.165, 1.54) is 29.4 Å². The van der Waals surface area contributed by atoms with Crippen LogP contribution >= 0.6 is 0 Å². The first kappa shape index (κ1) is 22.5. The molecule has 0 aliphatic carbocycles. The molecular formula is C22H24N6O4. The summed E-state index contributed by atoms with van der Waals surface area (Å²) in [5.74, 6) is -0.671. The van der Waals surface area contributed by atoms with Gasteiger partial charge >= 0.3 is 5.97 Å². The molecule has 0 bridgehead atoms. The molecule has 10 heteroatoms. The molecule has 0 saturated heterocycles. The SMILES string of the molecule is CC(=N)c1c(N)cccc1OCC(C)(C)NC(=O)c1ccnc(-n2cnc(C(=O)O)c2)c1. The highest BCUT2D eigenvalue weighted by atomic mass is 16.5. The van der Waals surface area contributed by atoms with E-state index in [4.69, 9.17) is 21.0 Å². The lowest BCUT2D eigenvalue weighted by Gasteiger charge is -2.27. The lowest BCUT2D eigenvalue weighted by atomic mass is 10.1. The fourth-order valence-corrected chi connectivity index (χ4v) is 3.00. The number of aromatic carboxylic acids is 1. The molecule has 3 rings (SSSR count). The number of anilines is 1. The Bertz CT molecular complexity index is 1180. The molecule has 10 nitrogen and oxygen atoms in total. The second kappa shape index (κ2) is 8.88. The molecule has 0 radical (unpaired) electrons. The van der Waals surface area contributed by atoms with Crippen LogP contribution in [-0.2, 0) is 0 Å². The smallest absolute Gasteiger partial charge is 0.356 e. The molecule has 0 atom stereocenters. The number of carbonyl (C=O) groups excluding carboxylic acids is 1. The van der Waals surface area contributed by atoms with E-state index in [0.29, 0.717) is 28.4 Å². The van der Waals surface area contributed by atoms with Gasteiger partial charge in [0.1, 0.15) is 24.5 Å². The number of hydrogen-bond acceptors (Lipinski definition) is 7. The van der Waals surface area contributed by atoms with Crippen LogP contribution in [0.25, 0.3) is 5.82 Å². The van der Waals surface area contributed by atoms with Crippen molar-refractivity contribution in [2.45, 2.75) is 26.3 Å². The Balaban J connectivity index is 1.72. The lowest BCUT2D eigenvalue weighted by Crippen LogP contribution is -2.48. The van der Waals surface area contributed by atoms with Crippen molar-refractivity contribution in [2.24, 2.45) is 0 Å². The van der Waals surface area contributed by atoms with Gasteiger partial charge in [0.2, 0.25) is 0 Å². The van der Waals surface area contributed by atoms with Gasteiger partial charge in [-0.2, -0.15) is 0 Å². The summed E-state index contributed by atoms with van der Waals surface area (Å²) in [5.41, 5.74) is 6.69. The number of nitrogen functional groups attached to an aromatic ring is 1. The molecule has 0 unspecified atom stereocenters. The molecule has 2 aromatic heterocycles. The normalized spacial score (nSPS) is 11.1. The summed E-state index contributed by atoms with van der Waals surface area (Å²) < 4.78 is 7.31. The van der Waals surface area contributed by atoms with Crippen molar-refractivity contribution in [3.05, 3.63) is 65.9 Å². The summed E-state index contributed by atoms with van der Waals surface area (Å²) in [7, 11) is 0. The first-order valence-electron chi connectivity index (χ1n) is 9.70. The zero-order chi connectivity index (χ0) is 23.5. The van der Waals surface area contributed by atoms with E-state index in [-0.39, 0.29) is 23.9 Å². The highest BCUT2D eigenvalue weighted by Gasteiger charge is 2.24. The molecule has 1 amide bonds. The molecule has 0 saturated carbocycles. The topological polar surface area (TPSA) is 156 Å². The van der Waals surface area contributed by atoms with Crippen LogP contribution in [0.2, 0.25) is 0 Å². The summed E-state index contributed by atoms with van der Waals surface area (Å²) in [6.07, 6.45) is 4.10. The van der Waals surface area contributed by atoms with Crippen LogP contribution in [0.5, 0.6) is 5.75 Å². The number of amides is 1. The molecular weight excluding hydrogens is 412 g/mol. The van der Waals surface area contributed by atoms with E-state index < -0.39 is 11.5 Å². The number of carbonyl (C=O) groups is 2. The molecule has 0 aliphatic rings. The van der Waals surface area contributed by atoms with Crippen molar-refractivity contribution < 1.29 is 19.4 Å². The highest BCUT2D eigenvalue weighted by molar-refractivity contribution is 6.03. The molecule has 166 valence electrons. The number of hydrogen-bond donors (Lipinski definition) is 4. The van der Waals surface area contributed by atoms with Crippen LogP contribution in [0.15, 0.2) is 49.1 Å². The maximum Gasteiger partial charge on any atom is 0.356 e. The fraction of sp³-hybridized carbons (Fsp3) is 0.227. The fourth-order valence-electron chi connectivity index (χ4n) is 3.00. The van der Waals surface area contributed by atoms with Crippen LogP contribution in [-0.4, -0.2) is 49.4 Å². The Labute approximate surface area is 184 Å². The third-order valence-corrected chi connectivity index (χ3v) is 4.55. The number of rotatable bonds is 8. The Kier molecular flexibility index (Phi) is 6.24. The molecule has 2 heterocycles. The van der Waals surface area contributed by atoms with Gasteiger partial charge in [-0.3, -0.25) is 9.36 Å². The number of pyridine rings is 1. The second-order valence-electron chi connectivity index (χ2n) is 7.85. The molecule has 0 aliphatic heterocycles. The van der Waals surface area contributed by atoms with Gasteiger partial charge in [0.15, 0.2) is 5.69 Å². The average Bonchev–Trinajstić information content (AvgIpc) is 3.22. The van der Waals surface area contributed by atoms with E-state index in [0.717, 1.165) is 0 Å². The Morgan fingerprint density at radius 1 is 1.28 bits per heavy atom. The van der Waals surface area contributed by atoms with Gasteiger partial charge in [-0.25, -0.2) is 14.8 Å². The first-order chi connectivity index (χ1) is 15.1. The van der Waals surface area contributed by atoms with Crippen molar-refractivity contribution >= 4 is 23.3 Å². The number of nitrogens with two attached hydrogens (primary N) is 1. The quantitative estimate of drug-likeness (QED) is 0.312. The van der Waals surface area contributed by atoms with Crippen LogP contribution in [0.3, 0.4) is 0 Å². The van der Waals surface area contributed by atoms with Crippen LogP contribution < -0.4 is 15.8 Å². The number of carboxylic acids is 1. The average molecular weight is 436 g/mol. The Hall–Kier alpha value is -4.21. The molecule has 1 aromatic carbocycles. The third-order valence-electron chi connectivity index (χ3n) is 4.55. The van der Waals surface area contributed by atoms with Gasteiger partial charge in [0.05, 0.1) is 11.1 Å². The van der Waals surface area contributed by atoms with Crippen molar-refractivity contribution in [3.63, 3.8) is 0 Å². The number of ether oxygens (including phenoxy) is 1. The standard InChI is InChI=1S/C22H24N6O4/c1-13(23)19-15(24)5-4-6-17(19)32-11-22(2,3)27-20(29)14-7-8-25-18(9-14)28-10-16(21(30)31)26-12-28/h4-10,12,23H,11,24H2,1-3H3,(H,27,29)(H,30,31). The predicted molar refractivity (Wildman–Crippen MR) is 119 cm³/mol. The zero-order valence-electron chi connectivity index (χ0n) is 17.9. The summed E-state index contributed by atoms with van der Waals surface area (Å²) in [6.45, 7) is 5.40. The zero-order valence-corrected chi connectivity index (χ0v) is 17.9. The van der Waals surface area contributed by atoms with Gasteiger partial charge in [0, 0.05) is 29.4 Å². The minimum atomic E-state index is -1.15. The van der Waals surface area contributed by atoms with Gasteiger partial charge in [0.25, 0.3) is 5.91 Å². The van der Waals surface area contributed by atoms with E-state index in [1.807, 2.05) is 13.8 Å². The molecule has 3 aromatic rings. The van der Waals surface area contributed by atoms with Gasteiger partial charge in [-0.1, -0.05) is 6.07 Å². The second-order valence-corrected chi connectivity index (χ2v) is 7.85. The number of imidazole rings is 1. The van der Waals surface area contributed by atoms with Gasteiger partial charge < -0.3 is 26.3 Å². The van der Waals surface area contributed by atoms with Crippen molar-refractivity contribution in [1.82, 2.24) is 19.9 Å². The first-order valence-corrected chi connectivity index (χ1v) is 9.70. The maximum atomic E-state index is 12.8. The van der Waals surface area contributed by atoms with E-state index in [2.05, 4.69) is 15.3 Å². The van der Waals surface area contributed by atoms with Crippen LogP contribution in [0.4, 0.5) is 5.69 Å². The number of carboxylic acid groups (broad SMARTS) is 1. The highest BCUT2D eigenvalue weighted by Crippen LogP contribution is 2.25. The van der Waals surface area contributed by atoms with Gasteiger partial charge in [-0.15, -0.1) is 0 Å². The van der Waals surface area contributed by atoms with Gasteiger partial charge in [-0.05, 0) is 45.0 Å². The number of aromatic nitrogens is 3.